The topological polar surface area (TPSA) is 20.3 Å². The molecule has 0 aliphatic heterocycles. The molecular weight excluding hydrogens is 381 g/mol. The summed E-state index contributed by atoms with van der Waals surface area (Å²) in [4.78, 5) is 14.2. The third-order valence-corrected chi connectivity index (χ3v) is 3.82. The second kappa shape index (κ2) is 6.00. The van der Waals surface area contributed by atoms with Gasteiger partial charge in [0.15, 0.2) is 0 Å². The third kappa shape index (κ3) is 3.20. The van der Waals surface area contributed by atoms with Gasteiger partial charge in [0, 0.05) is 20.6 Å². The van der Waals surface area contributed by atoms with Crippen molar-refractivity contribution in [3.05, 3.63) is 31.8 Å². The van der Waals surface area contributed by atoms with Crippen LogP contribution in [0.2, 0.25) is 0 Å². The van der Waals surface area contributed by atoms with E-state index in [9.17, 15) is 4.79 Å². The zero-order valence-electron chi connectivity index (χ0n) is 9.63. The molecule has 88 valence electrons. The summed E-state index contributed by atoms with van der Waals surface area (Å²) in [6.07, 6.45) is 0. The van der Waals surface area contributed by atoms with E-state index in [1.807, 2.05) is 43.9 Å². The molecule has 0 saturated carbocycles. The van der Waals surface area contributed by atoms with Gasteiger partial charge in [-0.2, -0.15) is 0 Å². The van der Waals surface area contributed by atoms with Crippen molar-refractivity contribution in [2.24, 2.45) is 0 Å². The third-order valence-electron chi connectivity index (χ3n) is 2.38. The molecule has 0 N–H and O–H groups in total. The van der Waals surface area contributed by atoms with Crippen LogP contribution in [0, 0.1) is 3.57 Å². The van der Waals surface area contributed by atoms with Crippen molar-refractivity contribution in [2.75, 3.05) is 6.54 Å². The Morgan fingerprint density at radius 3 is 2.62 bits per heavy atom. The first kappa shape index (κ1) is 14.0. The van der Waals surface area contributed by atoms with Crippen molar-refractivity contribution in [2.45, 2.75) is 26.8 Å². The number of amides is 1. The summed E-state index contributed by atoms with van der Waals surface area (Å²) in [5.74, 6) is 0.100. The summed E-state index contributed by atoms with van der Waals surface area (Å²) in [7, 11) is 0. The highest BCUT2D eigenvalue weighted by molar-refractivity contribution is 14.1. The van der Waals surface area contributed by atoms with Crippen molar-refractivity contribution in [1.29, 1.82) is 0 Å². The smallest absolute Gasteiger partial charge is 0.255 e. The lowest BCUT2D eigenvalue weighted by molar-refractivity contribution is 0.0716. The van der Waals surface area contributed by atoms with Crippen LogP contribution in [0.25, 0.3) is 0 Å². The van der Waals surface area contributed by atoms with Gasteiger partial charge in [-0.15, -0.1) is 0 Å². The zero-order valence-corrected chi connectivity index (χ0v) is 13.4. The van der Waals surface area contributed by atoms with Crippen LogP contribution in [0.3, 0.4) is 0 Å². The SMILES string of the molecule is CCN(C(=O)c1cc(Br)ccc1I)C(C)C. The van der Waals surface area contributed by atoms with Gasteiger partial charge in [0.25, 0.3) is 5.91 Å². The second-order valence-corrected chi connectivity index (χ2v) is 5.89. The first-order chi connectivity index (χ1) is 7.47. The monoisotopic (exact) mass is 395 g/mol. The number of carbonyl (C=O) groups excluding carboxylic acids is 1. The van der Waals surface area contributed by atoms with Crippen LogP contribution in [-0.4, -0.2) is 23.4 Å². The largest absolute Gasteiger partial charge is 0.336 e. The molecule has 16 heavy (non-hydrogen) atoms. The van der Waals surface area contributed by atoms with E-state index in [1.165, 1.54) is 0 Å². The molecule has 4 heteroatoms. The van der Waals surface area contributed by atoms with Gasteiger partial charge in [-0.3, -0.25) is 4.79 Å². The maximum atomic E-state index is 12.3. The number of hydrogen-bond donors (Lipinski definition) is 0. The van der Waals surface area contributed by atoms with Crippen molar-refractivity contribution < 1.29 is 4.79 Å². The number of carbonyl (C=O) groups is 1. The molecule has 1 aromatic rings. The maximum absolute atomic E-state index is 12.3. The van der Waals surface area contributed by atoms with Crippen molar-refractivity contribution in [3.63, 3.8) is 0 Å². The lowest BCUT2D eigenvalue weighted by atomic mass is 10.2. The van der Waals surface area contributed by atoms with Crippen LogP contribution in [0.15, 0.2) is 22.7 Å². The fraction of sp³-hybridized carbons (Fsp3) is 0.417. The van der Waals surface area contributed by atoms with Gasteiger partial charge < -0.3 is 4.90 Å². The van der Waals surface area contributed by atoms with Crippen LogP contribution in [-0.2, 0) is 0 Å². The number of rotatable bonds is 3. The average Bonchev–Trinajstić information content (AvgIpc) is 2.22. The summed E-state index contributed by atoms with van der Waals surface area (Å²) in [6.45, 7) is 6.81. The van der Waals surface area contributed by atoms with Gasteiger partial charge in [-0.25, -0.2) is 0 Å². The van der Waals surface area contributed by atoms with E-state index in [4.69, 9.17) is 0 Å². The molecule has 0 saturated heterocycles. The molecule has 2 nitrogen and oxygen atoms in total. The number of benzene rings is 1. The van der Waals surface area contributed by atoms with Crippen LogP contribution < -0.4 is 0 Å². The molecular formula is C12H15BrINO. The Morgan fingerprint density at radius 1 is 1.50 bits per heavy atom. The lowest BCUT2D eigenvalue weighted by Gasteiger charge is -2.25. The Balaban J connectivity index is 3.08. The molecule has 0 aliphatic rings. The van der Waals surface area contributed by atoms with E-state index in [2.05, 4.69) is 38.5 Å². The summed E-state index contributed by atoms with van der Waals surface area (Å²) in [5.41, 5.74) is 0.769. The molecule has 1 rings (SSSR count). The van der Waals surface area contributed by atoms with E-state index in [1.54, 1.807) is 0 Å². The molecule has 0 radical (unpaired) electrons. The van der Waals surface area contributed by atoms with Crippen molar-refractivity contribution in [3.8, 4) is 0 Å². The highest BCUT2D eigenvalue weighted by Gasteiger charge is 2.19. The zero-order chi connectivity index (χ0) is 12.3. The Morgan fingerprint density at radius 2 is 2.12 bits per heavy atom. The van der Waals surface area contributed by atoms with Crippen LogP contribution in [0.5, 0.6) is 0 Å². The van der Waals surface area contributed by atoms with E-state index < -0.39 is 0 Å². The second-order valence-electron chi connectivity index (χ2n) is 3.81. The standard InChI is InChI=1S/C12H15BrINO/c1-4-15(8(2)3)12(16)10-7-9(13)5-6-11(10)14/h5-8H,4H2,1-3H3. The van der Waals surface area contributed by atoms with E-state index in [0.717, 1.165) is 20.2 Å². The highest BCUT2D eigenvalue weighted by atomic mass is 127. The molecule has 0 bridgehead atoms. The van der Waals surface area contributed by atoms with Gasteiger partial charge in [-0.1, -0.05) is 15.9 Å². The Hall–Kier alpha value is -0.100. The molecule has 0 atom stereocenters. The van der Waals surface area contributed by atoms with Crippen molar-refractivity contribution in [1.82, 2.24) is 4.90 Å². The fourth-order valence-electron chi connectivity index (χ4n) is 1.56. The number of nitrogens with zero attached hydrogens (tertiary/aromatic N) is 1. The first-order valence-electron chi connectivity index (χ1n) is 5.23. The number of hydrogen-bond acceptors (Lipinski definition) is 1. The Labute approximate surface area is 119 Å². The van der Waals surface area contributed by atoms with Gasteiger partial charge in [0.05, 0.1) is 5.56 Å². The molecule has 1 aromatic carbocycles. The molecule has 0 fully saturated rings. The number of halogens is 2. The quantitative estimate of drug-likeness (QED) is 0.710. The lowest BCUT2D eigenvalue weighted by Crippen LogP contribution is -2.37. The maximum Gasteiger partial charge on any atom is 0.255 e. The predicted octanol–water partition coefficient (Wildman–Crippen LogP) is 3.92. The molecule has 0 aliphatic carbocycles. The minimum absolute atomic E-state index is 0.100. The van der Waals surface area contributed by atoms with Crippen LogP contribution in [0.4, 0.5) is 0 Å². The normalized spacial score (nSPS) is 10.6. The minimum atomic E-state index is 0.100. The predicted molar refractivity (Wildman–Crippen MR) is 78.7 cm³/mol. The van der Waals surface area contributed by atoms with E-state index in [0.29, 0.717) is 0 Å². The molecule has 0 spiro atoms. The molecule has 0 unspecified atom stereocenters. The van der Waals surface area contributed by atoms with Gasteiger partial charge in [-0.05, 0) is 61.6 Å². The van der Waals surface area contributed by atoms with Gasteiger partial charge in [0.2, 0.25) is 0 Å². The van der Waals surface area contributed by atoms with Gasteiger partial charge in [0.1, 0.15) is 0 Å². The fourth-order valence-corrected chi connectivity index (χ4v) is 2.49. The van der Waals surface area contributed by atoms with Crippen LogP contribution >= 0.6 is 38.5 Å². The summed E-state index contributed by atoms with van der Waals surface area (Å²) >= 11 is 5.60. The van der Waals surface area contributed by atoms with Gasteiger partial charge >= 0.3 is 0 Å². The van der Waals surface area contributed by atoms with Crippen molar-refractivity contribution >= 4 is 44.4 Å². The summed E-state index contributed by atoms with van der Waals surface area (Å²) in [6, 6.07) is 6.01. The minimum Gasteiger partial charge on any atom is -0.336 e. The molecule has 0 aromatic heterocycles. The molecule has 0 heterocycles. The van der Waals surface area contributed by atoms with Crippen LogP contribution in [0.1, 0.15) is 31.1 Å². The first-order valence-corrected chi connectivity index (χ1v) is 7.10. The highest BCUT2D eigenvalue weighted by Crippen LogP contribution is 2.20. The van der Waals surface area contributed by atoms with E-state index >= 15 is 0 Å². The molecule has 1 amide bonds. The summed E-state index contributed by atoms with van der Waals surface area (Å²) in [5, 5.41) is 0. The average molecular weight is 396 g/mol. The Bertz CT molecular complexity index is 393. The van der Waals surface area contributed by atoms with E-state index in [-0.39, 0.29) is 11.9 Å². The summed E-state index contributed by atoms with van der Waals surface area (Å²) < 4.78 is 1.93. The Kier molecular flexibility index (Phi) is 5.24.